The normalized spacial score (nSPS) is 15.6. The van der Waals surface area contributed by atoms with Crippen LogP contribution in [0.5, 0.6) is 0 Å². The van der Waals surface area contributed by atoms with Crippen LogP contribution in [0, 0.1) is 17.8 Å². The molecule has 1 aliphatic heterocycles. The Bertz CT molecular complexity index is 341. The van der Waals surface area contributed by atoms with Gasteiger partial charge >= 0.3 is 0 Å². The second kappa shape index (κ2) is 9.38. The summed E-state index contributed by atoms with van der Waals surface area (Å²) in [5.74, 6) is 4.79. The van der Waals surface area contributed by atoms with Gasteiger partial charge in [0.25, 0.3) is 6.85 Å². The molecule has 0 aliphatic carbocycles. The SMILES string of the molecule is CC(C)CCB1C=CC=C(CCC(C)C)N1CCC(C)C. The third kappa shape index (κ3) is 7.24. The molecule has 21 heavy (non-hydrogen) atoms. The van der Waals surface area contributed by atoms with E-state index >= 15 is 0 Å². The van der Waals surface area contributed by atoms with Gasteiger partial charge in [0.1, 0.15) is 0 Å². The standard InChI is InChI=1S/C19H36BN/c1-16(2)9-10-19-8-7-13-20(14-11-17(3)4)21(19)15-12-18(5)6/h7-8,13,16-18H,9-12,14-15H2,1-6H3. The molecule has 0 aromatic rings. The average molecular weight is 289 g/mol. The highest BCUT2D eigenvalue weighted by atomic mass is 15.1. The molecule has 0 radical (unpaired) electrons. The molecular weight excluding hydrogens is 253 g/mol. The van der Waals surface area contributed by atoms with E-state index in [9.17, 15) is 0 Å². The van der Waals surface area contributed by atoms with Gasteiger partial charge < -0.3 is 4.81 Å². The van der Waals surface area contributed by atoms with Crippen LogP contribution in [-0.4, -0.2) is 18.2 Å². The maximum atomic E-state index is 2.70. The summed E-state index contributed by atoms with van der Waals surface area (Å²) in [6, 6.07) is 0. The Morgan fingerprint density at radius 2 is 1.52 bits per heavy atom. The van der Waals surface area contributed by atoms with Gasteiger partial charge in [-0.05, 0) is 49.4 Å². The Morgan fingerprint density at radius 3 is 2.10 bits per heavy atom. The molecule has 2 heteroatoms. The first-order valence-electron chi connectivity index (χ1n) is 9.04. The van der Waals surface area contributed by atoms with Crippen molar-refractivity contribution in [2.24, 2.45) is 17.8 Å². The predicted molar refractivity (Wildman–Crippen MR) is 97.5 cm³/mol. The molecule has 0 aromatic heterocycles. The first kappa shape index (κ1) is 18.4. The zero-order valence-corrected chi connectivity index (χ0v) is 15.2. The van der Waals surface area contributed by atoms with Gasteiger partial charge in [-0.15, -0.1) is 0 Å². The van der Waals surface area contributed by atoms with Gasteiger partial charge in [-0.3, -0.25) is 0 Å². The molecule has 1 rings (SSSR count). The fourth-order valence-electron chi connectivity index (χ4n) is 2.83. The van der Waals surface area contributed by atoms with Crippen LogP contribution in [0.25, 0.3) is 0 Å². The van der Waals surface area contributed by atoms with E-state index in [4.69, 9.17) is 0 Å². The number of hydrogen-bond acceptors (Lipinski definition) is 1. The molecule has 0 saturated carbocycles. The molecule has 1 heterocycles. The van der Waals surface area contributed by atoms with Crippen molar-refractivity contribution in [1.82, 2.24) is 4.81 Å². The van der Waals surface area contributed by atoms with Gasteiger partial charge in [-0.2, -0.15) is 0 Å². The van der Waals surface area contributed by atoms with Gasteiger partial charge in [0.05, 0.1) is 0 Å². The lowest BCUT2D eigenvalue weighted by atomic mass is 9.54. The second-order valence-electron chi connectivity index (χ2n) is 7.89. The van der Waals surface area contributed by atoms with Gasteiger partial charge in [0, 0.05) is 12.2 Å². The topological polar surface area (TPSA) is 3.24 Å². The molecule has 0 amide bonds. The highest BCUT2D eigenvalue weighted by molar-refractivity contribution is 6.62. The van der Waals surface area contributed by atoms with Crippen LogP contribution >= 0.6 is 0 Å². The third-order valence-electron chi connectivity index (χ3n) is 4.36. The summed E-state index contributed by atoms with van der Waals surface area (Å²) in [5, 5.41) is 0. The van der Waals surface area contributed by atoms with Crippen molar-refractivity contribution in [3.8, 4) is 0 Å². The van der Waals surface area contributed by atoms with Crippen LogP contribution in [0.4, 0.5) is 0 Å². The summed E-state index contributed by atoms with van der Waals surface area (Å²) in [6.07, 6.45) is 11.1. The molecule has 1 aliphatic rings. The van der Waals surface area contributed by atoms with E-state index < -0.39 is 0 Å². The number of rotatable bonds is 9. The van der Waals surface area contributed by atoms with E-state index in [1.165, 1.54) is 38.5 Å². The van der Waals surface area contributed by atoms with Crippen LogP contribution in [0.1, 0.15) is 67.2 Å². The van der Waals surface area contributed by atoms with Gasteiger partial charge in [-0.25, -0.2) is 0 Å². The lowest BCUT2D eigenvalue weighted by Crippen LogP contribution is -2.40. The van der Waals surface area contributed by atoms with E-state index in [0.717, 1.165) is 17.8 Å². The van der Waals surface area contributed by atoms with Crippen molar-refractivity contribution in [3.05, 3.63) is 23.8 Å². The lowest BCUT2D eigenvalue weighted by Gasteiger charge is -2.35. The van der Waals surface area contributed by atoms with Crippen LogP contribution < -0.4 is 0 Å². The van der Waals surface area contributed by atoms with E-state index in [0.29, 0.717) is 6.85 Å². The number of allylic oxidation sites excluding steroid dienone is 3. The molecule has 0 atom stereocenters. The van der Waals surface area contributed by atoms with Gasteiger partial charge in [-0.1, -0.05) is 60.0 Å². The molecule has 0 fully saturated rings. The Morgan fingerprint density at radius 1 is 0.905 bits per heavy atom. The van der Waals surface area contributed by atoms with Crippen LogP contribution in [0.15, 0.2) is 23.8 Å². The zero-order valence-electron chi connectivity index (χ0n) is 15.2. The summed E-state index contributed by atoms with van der Waals surface area (Å²) in [6.45, 7) is 15.8. The smallest absolute Gasteiger partial charge is 0.280 e. The molecule has 0 spiro atoms. The van der Waals surface area contributed by atoms with Gasteiger partial charge in [0.2, 0.25) is 0 Å². The third-order valence-corrected chi connectivity index (χ3v) is 4.36. The average Bonchev–Trinajstić information content (AvgIpc) is 2.40. The first-order chi connectivity index (χ1) is 9.90. The quantitative estimate of drug-likeness (QED) is 0.485. The van der Waals surface area contributed by atoms with Crippen LogP contribution in [-0.2, 0) is 0 Å². The minimum Gasteiger partial charge on any atom is -0.414 e. The van der Waals surface area contributed by atoms with Crippen molar-refractivity contribution in [2.75, 3.05) is 6.54 Å². The van der Waals surface area contributed by atoms with Crippen LogP contribution in [0.2, 0.25) is 6.32 Å². The molecule has 0 aromatic carbocycles. The molecule has 0 saturated heterocycles. The molecule has 1 nitrogen and oxygen atoms in total. The second-order valence-corrected chi connectivity index (χ2v) is 7.89. The molecular formula is C19H36BN. The van der Waals surface area contributed by atoms with Crippen molar-refractivity contribution >= 4 is 6.85 Å². The summed E-state index contributed by atoms with van der Waals surface area (Å²) >= 11 is 0. The fourth-order valence-corrected chi connectivity index (χ4v) is 2.83. The van der Waals surface area contributed by atoms with Crippen molar-refractivity contribution in [2.45, 2.75) is 73.5 Å². The number of nitrogens with zero attached hydrogens (tertiary/aromatic N) is 1. The summed E-state index contributed by atoms with van der Waals surface area (Å²) in [7, 11) is 0. The van der Waals surface area contributed by atoms with E-state index in [2.05, 4.69) is 64.5 Å². The Labute approximate surface area is 134 Å². The van der Waals surface area contributed by atoms with E-state index in [1.54, 1.807) is 5.70 Å². The van der Waals surface area contributed by atoms with Crippen molar-refractivity contribution < 1.29 is 0 Å². The molecule has 0 N–H and O–H groups in total. The van der Waals surface area contributed by atoms with Crippen molar-refractivity contribution in [1.29, 1.82) is 0 Å². The first-order valence-corrected chi connectivity index (χ1v) is 9.04. The monoisotopic (exact) mass is 289 g/mol. The highest BCUT2D eigenvalue weighted by Crippen LogP contribution is 2.25. The van der Waals surface area contributed by atoms with E-state index in [-0.39, 0.29) is 0 Å². The number of hydrogen-bond donors (Lipinski definition) is 0. The minimum absolute atomic E-state index is 0.623. The summed E-state index contributed by atoms with van der Waals surface area (Å²) in [4.78, 5) is 2.70. The van der Waals surface area contributed by atoms with Crippen LogP contribution in [0.3, 0.4) is 0 Å². The largest absolute Gasteiger partial charge is 0.414 e. The van der Waals surface area contributed by atoms with Gasteiger partial charge in [0.15, 0.2) is 0 Å². The predicted octanol–water partition coefficient (Wildman–Crippen LogP) is 5.80. The molecule has 0 unspecified atom stereocenters. The highest BCUT2D eigenvalue weighted by Gasteiger charge is 2.24. The fraction of sp³-hybridized carbons (Fsp3) is 0.789. The Hall–Kier alpha value is -0.655. The minimum atomic E-state index is 0.623. The molecule has 0 bridgehead atoms. The van der Waals surface area contributed by atoms with E-state index in [1.807, 2.05) is 0 Å². The maximum Gasteiger partial charge on any atom is 0.280 e. The Balaban J connectivity index is 2.68. The lowest BCUT2D eigenvalue weighted by molar-refractivity contribution is 0.424. The molecule has 120 valence electrons. The summed E-state index contributed by atoms with van der Waals surface area (Å²) < 4.78 is 0. The van der Waals surface area contributed by atoms with Crippen molar-refractivity contribution in [3.63, 3.8) is 0 Å². The maximum absolute atomic E-state index is 2.70. The zero-order chi connectivity index (χ0) is 15.8. The Kier molecular flexibility index (Phi) is 8.22. The summed E-state index contributed by atoms with van der Waals surface area (Å²) in [5.41, 5.74) is 1.57.